The summed E-state index contributed by atoms with van der Waals surface area (Å²) in [5.41, 5.74) is 2.26. The van der Waals surface area contributed by atoms with Gasteiger partial charge in [0.15, 0.2) is 0 Å². The van der Waals surface area contributed by atoms with Gasteiger partial charge >= 0.3 is 0 Å². The maximum atomic E-state index is 13.7. The number of carbonyl (C=O) groups excluding carboxylic acids is 2. The lowest BCUT2D eigenvalue weighted by atomic mass is 9.74. The molecule has 0 N–H and O–H groups in total. The lowest BCUT2D eigenvalue weighted by Crippen LogP contribution is -2.54. The fraction of sp³-hybridized carbons (Fsp3) is 0.500. The van der Waals surface area contributed by atoms with Crippen molar-refractivity contribution in [3.8, 4) is 5.75 Å². The molecule has 2 aromatic rings. The molecule has 0 saturated carbocycles. The Balaban J connectivity index is 1.54. The van der Waals surface area contributed by atoms with Crippen LogP contribution in [0.1, 0.15) is 53.6 Å². The summed E-state index contributed by atoms with van der Waals surface area (Å²) in [5.74, 6) is 1.03. The Bertz CT molecular complexity index is 976. The smallest absolute Gasteiger partial charge is 0.255 e. The van der Waals surface area contributed by atoms with E-state index in [0.29, 0.717) is 31.8 Å². The zero-order valence-electron chi connectivity index (χ0n) is 19.2. The van der Waals surface area contributed by atoms with Crippen LogP contribution in [0.3, 0.4) is 0 Å². The first-order chi connectivity index (χ1) is 15.5. The zero-order chi connectivity index (χ0) is 22.6. The Morgan fingerprint density at radius 2 is 1.91 bits per heavy atom. The summed E-state index contributed by atoms with van der Waals surface area (Å²) < 4.78 is 6.02. The minimum absolute atomic E-state index is 0.0286. The standard InChI is InChI=1S/C26H33N3O3/c1-20-16-22(18-27-17-20)24(30)29-13-7-12-26(19-29)11-6-5-9-21-8-3-4-10-23(21)32-15-14-28(2)25(26)31/h3-4,8,10,16-18H,5-7,9,11-15,19H2,1-2H3. The summed E-state index contributed by atoms with van der Waals surface area (Å²) in [6, 6.07) is 10.1. The van der Waals surface area contributed by atoms with Crippen molar-refractivity contribution >= 4 is 11.8 Å². The van der Waals surface area contributed by atoms with Crippen LogP contribution in [0.2, 0.25) is 0 Å². The van der Waals surface area contributed by atoms with Crippen LogP contribution < -0.4 is 4.74 Å². The third kappa shape index (κ3) is 4.79. The van der Waals surface area contributed by atoms with Crippen LogP contribution in [0, 0.1) is 12.3 Å². The van der Waals surface area contributed by atoms with E-state index in [-0.39, 0.29) is 11.8 Å². The highest BCUT2D eigenvalue weighted by atomic mass is 16.5. The Labute approximate surface area is 190 Å². The number of fused-ring (bicyclic) bond motifs is 1. The highest BCUT2D eigenvalue weighted by molar-refractivity contribution is 5.95. The minimum atomic E-state index is -0.529. The Morgan fingerprint density at radius 1 is 1.09 bits per heavy atom. The number of piperidine rings is 1. The molecule has 1 fully saturated rings. The number of pyridine rings is 1. The van der Waals surface area contributed by atoms with Crippen LogP contribution >= 0.6 is 0 Å². The predicted molar refractivity (Wildman–Crippen MR) is 124 cm³/mol. The monoisotopic (exact) mass is 435 g/mol. The lowest BCUT2D eigenvalue weighted by Gasteiger charge is -2.43. The molecule has 32 heavy (non-hydrogen) atoms. The number of aryl methyl sites for hydroxylation is 2. The number of para-hydroxylation sites is 1. The molecule has 1 saturated heterocycles. The van der Waals surface area contributed by atoms with Crippen LogP contribution in [0.25, 0.3) is 0 Å². The molecule has 1 aromatic heterocycles. The molecule has 4 rings (SSSR count). The molecule has 6 nitrogen and oxygen atoms in total. The number of likely N-dealkylation sites (N-methyl/N-ethyl adjacent to an activating group) is 1. The second-order valence-electron chi connectivity index (χ2n) is 9.25. The molecular formula is C26H33N3O3. The van der Waals surface area contributed by atoms with Crippen LogP contribution in [0.15, 0.2) is 42.7 Å². The maximum Gasteiger partial charge on any atom is 0.255 e. The van der Waals surface area contributed by atoms with Gasteiger partial charge < -0.3 is 14.5 Å². The van der Waals surface area contributed by atoms with Gasteiger partial charge in [-0.05, 0) is 62.3 Å². The molecule has 1 aromatic carbocycles. The van der Waals surface area contributed by atoms with E-state index in [1.807, 2.05) is 37.1 Å². The van der Waals surface area contributed by atoms with Gasteiger partial charge in [-0.3, -0.25) is 14.6 Å². The van der Waals surface area contributed by atoms with Gasteiger partial charge in [0.1, 0.15) is 12.4 Å². The second-order valence-corrected chi connectivity index (χ2v) is 9.25. The Morgan fingerprint density at radius 3 is 2.75 bits per heavy atom. The van der Waals surface area contributed by atoms with E-state index < -0.39 is 5.41 Å². The maximum absolute atomic E-state index is 13.7. The average molecular weight is 436 g/mol. The molecule has 1 atom stereocenters. The Kier molecular flexibility index (Phi) is 6.77. The van der Waals surface area contributed by atoms with Crippen LogP contribution in [0.5, 0.6) is 5.75 Å². The van der Waals surface area contributed by atoms with Crippen molar-refractivity contribution in [1.29, 1.82) is 0 Å². The fourth-order valence-electron chi connectivity index (χ4n) is 5.07. The molecule has 0 radical (unpaired) electrons. The van der Waals surface area contributed by atoms with Crippen molar-refractivity contribution < 1.29 is 14.3 Å². The largest absolute Gasteiger partial charge is 0.491 e. The summed E-state index contributed by atoms with van der Waals surface area (Å²) in [7, 11) is 1.86. The number of hydrogen-bond acceptors (Lipinski definition) is 4. The topological polar surface area (TPSA) is 62.7 Å². The molecule has 0 bridgehead atoms. The minimum Gasteiger partial charge on any atom is -0.491 e. The zero-order valence-corrected chi connectivity index (χ0v) is 19.2. The third-order valence-electron chi connectivity index (χ3n) is 6.79. The number of amides is 2. The van der Waals surface area contributed by atoms with Crippen LogP contribution in [0.4, 0.5) is 0 Å². The molecule has 6 heteroatoms. The molecule has 2 aliphatic rings. The van der Waals surface area contributed by atoms with Gasteiger partial charge in [-0.1, -0.05) is 24.6 Å². The first kappa shape index (κ1) is 22.3. The second kappa shape index (κ2) is 9.72. The molecule has 2 aliphatic heterocycles. The number of nitrogens with zero attached hydrogens (tertiary/aromatic N) is 3. The predicted octanol–water partition coefficient (Wildman–Crippen LogP) is 3.88. The summed E-state index contributed by atoms with van der Waals surface area (Å²) in [4.78, 5) is 34.7. The third-order valence-corrected chi connectivity index (χ3v) is 6.79. The lowest BCUT2D eigenvalue weighted by molar-refractivity contribution is -0.144. The van der Waals surface area contributed by atoms with Gasteiger partial charge in [-0.15, -0.1) is 0 Å². The Hall–Kier alpha value is -2.89. The van der Waals surface area contributed by atoms with Crippen molar-refractivity contribution in [3.63, 3.8) is 0 Å². The van der Waals surface area contributed by atoms with E-state index in [1.165, 1.54) is 5.56 Å². The molecule has 3 heterocycles. The normalized spacial score (nSPS) is 22.5. The summed E-state index contributed by atoms with van der Waals surface area (Å²) >= 11 is 0. The van der Waals surface area contributed by atoms with Crippen molar-refractivity contribution in [3.05, 3.63) is 59.4 Å². The van der Waals surface area contributed by atoms with Gasteiger partial charge in [0, 0.05) is 32.5 Å². The van der Waals surface area contributed by atoms with E-state index >= 15 is 0 Å². The number of likely N-dealkylation sites (tertiary alicyclic amines) is 1. The van der Waals surface area contributed by atoms with Crippen molar-refractivity contribution in [2.24, 2.45) is 5.41 Å². The van der Waals surface area contributed by atoms with Gasteiger partial charge in [-0.2, -0.15) is 0 Å². The van der Waals surface area contributed by atoms with E-state index in [4.69, 9.17) is 4.74 Å². The number of rotatable bonds is 1. The van der Waals surface area contributed by atoms with Gasteiger partial charge in [-0.25, -0.2) is 0 Å². The van der Waals surface area contributed by atoms with Gasteiger partial charge in [0.25, 0.3) is 5.91 Å². The van der Waals surface area contributed by atoms with E-state index in [1.54, 1.807) is 17.3 Å². The first-order valence-corrected chi connectivity index (χ1v) is 11.7. The SMILES string of the molecule is Cc1cncc(C(=O)N2CCCC3(CCCCc4ccccc4OCCN(C)C3=O)C2)c1. The number of ether oxygens (including phenoxy) is 1. The molecule has 1 spiro atoms. The van der Waals surface area contributed by atoms with E-state index in [9.17, 15) is 9.59 Å². The quantitative estimate of drug-likeness (QED) is 0.682. The van der Waals surface area contributed by atoms with E-state index in [0.717, 1.165) is 49.8 Å². The number of hydrogen-bond donors (Lipinski definition) is 0. The van der Waals surface area contributed by atoms with Crippen LogP contribution in [-0.2, 0) is 11.2 Å². The number of carbonyl (C=O) groups is 2. The highest BCUT2D eigenvalue weighted by Gasteiger charge is 2.44. The molecule has 2 amide bonds. The molecule has 170 valence electrons. The summed E-state index contributed by atoms with van der Waals surface area (Å²) in [5, 5.41) is 0. The molecule has 0 aliphatic carbocycles. The molecular weight excluding hydrogens is 402 g/mol. The first-order valence-electron chi connectivity index (χ1n) is 11.7. The van der Waals surface area contributed by atoms with Crippen molar-refractivity contribution in [2.45, 2.75) is 45.4 Å². The fourth-order valence-corrected chi connectivity index (χ4v) is 5.07. The molecule has 1 unspecified atom stereocenters. The van der Waals surface area contributed by atoms with Crippen molar-refractivity contribution in [2.75, 3.05) is 33.3 Å². The van der Waals surface area contributed by atoms with Crippen molar-refractivity contribution in [1.82, 2.24) is 14.8 Å². The number of aromatic nitrogens is 1. The van der Waals surface area contributed by atoms with Crippen LogP contribution in [-0.4, -0.2) is 59.9 Å². The van der Waals surface area contributed by atoms with Gasteiger partial charge in [0.05, 0.1) is 17.5 Å². The summed E-state index contributed by atoms with van der Waals surface area (Å²) in [6.45, 7) is 4.09. The average Bonchev–Trinajstić information content (AvgIpc) is 2.81. The van der Waals surface area contributed by atoms with Gasteiger partial charge in [0.2, 0.25) is 5.91 Å². The van der Waals surface area contributed by atoms with E-state index in [2.05, 4.69) is 17.1 Å². The summed E-state index contributed by atoms with van der Waals surface area (Å²) in [6.07, 6.45) is 8.72. The number of benzene rings is 1. The highest BCUT2D eigenvalue weighted by Crippen LogP contribution is 2.38.